The fourth-order valence-electron chi connectivity index (χ4n) is 1.78. The standard InChI is InChI=1S/C12H21N3S/c1-9(2)13-7-10-8-16-12(14-10)15(3)11-5-4-6-11/h8-9,11,13H,4-7H2,1-3H3. The molecule has 0 saturated heterocycles. The average molecular weight is 239 g/mol. The topological polar surface area (TPSA) is 28.2 Å². The van der Waals surface area contributed by atoms with Gasteiger partial charge in [0.2, 0.25) is 0 Å². The third kappa shape index (κ3) is 2.74. The first kappa shape index (κ1) is 11.9. The Morgan fingerprint density at radius 2 is 2.31 bits per heavy atom. The molecule has 1 fully saturated rings. The van der Waals surface area contributed by atoms with Gasteiger partial charge in [0.05, 0.1) is 5.69 Å². The van der Waals surface area contributed by atoms with Crippen LogP contribution in [-0.2, 0) is 6.54 Å². The molecule has 1 N–H and O–H groups in total. The number of nitrogens with zero attached hydrogens (tertiary/aromatic N) is 2. The van der Waals surface area contributed by atoms with Crippen molar-refractivity contribution in [1.29, 1.82) is 0 Å². The number of hydrogen-bond acceptors (Lipinski definition) is 4. The summed E-state index contributed by atoms with van der Waals surface area (Å²) in [5.41, 5.74) is 1.17. The van der Waals surface area contributed by atoms with Crippen molar-refractivity contribution in [2.24, 2.45) is 0 Å². The quantitative estimate of drug-likeness (QED) is 0.856. The van der Waals surface area contributed by atoms with Crippen LogP contribution in [0.25, 0.3) is 0 Å². The molecule has 1 saturated carbocycles. The lowest BCUT2D eigenvalue weighted by Gasteiger charge is -2.34. The lowest BCUT2D eigenvalue weighted by Crippen LogP contribution is -2.37. The Hall–Kier alpha value is -0.610. The number of aromatic nitrogens is 1. The first-order chi connectivity index (χ1) is 7.66. The molecule has 1 aromatic heterocycles. The molecule has 0 amide bonds. The molecule has 16 heavy (non-hydrogen) atoms. The average Bonchev–Trinajstić information content (AvgIpc) is 2.60. The van der Waals surface area contributed by atoms with Gasteiger partial charge in [-0.15, -0.1) is 11.3 Å². The maximum absolute atomic E-state index is 4.67. The van der Waals surface area contributed by atoms with Crippen LogP contribution >= 0.6 is 11.3 Å². The molecular weight excluding hydrogens is 218 g/mol. The van der Waals surface area contributed by atoms with Gasteiger partial charge in [0.15, 0.2) is 5.13 Å². The highest BCUT2D eigenvalue weighted by Crippen LogP contribution is 2.30. The van der Waals surface area contributed by atoms with Gasteiger partial charge in [-0.1, -0.05) is 13.8 Å². The largest absolute Gasteiger partial charge is 0.348 e. The van der Waals surface area contributed by atoms with Gasteiger partial charge in [-0.05, 0) is 19.3 Å². The van der Waals surface area contributed by atoms with E-state index in [4.69, 9.17) is 0 Å². The van der Waals surface area contributed by atoms with Crippen molar-refractivity contribution in [3.05, 3.63) is 11.1 Å². The molecule has 90 valence electrons. The van der Waals surface area contributed by atoms with Crippen LogP contribution in [0, 0.1) is 0 Å². The van der Waals surface area contributed by atoms with E-state index in [1.807, 2.05) is 0 Å². The fraction of sp³-hybridized carbons (Fsp3) is 0.750. The third-order valence-electron chi connectivity index (χ3n) is 3.16. The molecule has 3 nitrogen and oxygen atoms in total. The van der Waals surface area contributed by atoms with E-state index in [0.717, 1.165) is 12.6 Å². The molecule has 0 bridgehead atoms. The summed E-state index contributed by atoms with van der Waals surface area (Å²) in [6.45, 7) is 5.20. The van der Waals surface area contributed by atoms with E-state index in [9.17, 15) is 0 Å². The summed E-state index contributed by atoms with van der Waals surface area (Å²) in [6, 6.07) is 1.26. The maximum Gasteiger partial charge on any atom is 0.185 e. The van der Waals surface area contributed by atoms with Crippen molar-refractivity contribution in [2.75, 3.05) is 11.9 Å². The molecule has 0 aliphatic heterocycles. The van der Waals surface area contributed by atoms with Crippen LogP contribution in [0.1, 0.15) is 38.8 Å². The summed E-state index contributed by atoms with van der Waals surface area (Å²) < 4.78 is 0. The Labute approximate surface area is 102 Å². The van der Waals surface area contributed by atoms with E-state index in [2.05, 4.69) is 41.5 Å². The van der Waals surface area contributed by atoms with E-state index in [1.54, 1.807) is 11.3 Å². The zero-order chi connectivity index (χ0) is 11.5. The third-order valence-corrected chi connectivity index (χ3v) is 4.14. The molecule has 0 unspecified atom stereocenters. The van der Waals surface area contributed by atoms with Crippen molar-refractivity contribution in [2.45, 2.75) is 51.7 Å². The SMILES string of the molecule is CC(C)NCc1csc(N(C)C2CCC2)n1. The molecular formula is C12H21N3S. The number of thiazole rings is 1. The Morgan fingerprint density at radius 3 is 2.88 bits per heavy atom. The van der Waals surface area contributed by atoms with E-state index < -0.39 is 0 Å². The van der Waals surface area contributed by atoms with Crippen molar-refractivity contribution < 1.29 is 0 Å². The van der Waals surface area contributed by atoms with E-state index >= 15 is 0 Å². The summed E-state index contributed by atoms with van der Waals surface area (Å²) >= 11 is 1.76. The Kier molecular flexibility index (Phi) is 3.82. The van der Waals surface area contributed by atoms with Crippen LogP contribution in [-0.4, -0.2) is 24.1 Å². The fourth-order valence-corrected chi connectivity index (χ4v) is 2.64. The number of hydrogen-bond donors (Lipinski definition) is 1. The monoisotopic (exact) mass is 239 g/mol. The Morgan fingerprint density at radius 1 is 1.56 bits per heavy atom. The molecule has 0 atom stereocenters. The van der Waals surface area contributed by atoms with Gasteiger partial charge in [0.25, 0.3) is 0 Å². The lowest BCUT2D eigenvalue weighted by molar-refractivity contribution is 0.400. The van der Waals surface area contributed by atoms with E-state index in [1.165, 1.54) is 30.1 Å². The van der Waals surface area contributed by atoms with Crippen LogP contribution < -0.4 is 10.2 Å². The number of rotatable bonds is 5. The first-order valence-electron chi connectivity index (χ1n) is 6.07. The van der Waals surface area contributed by atoms with Crippen LogP contribution in [0.15, 0.2) is 5.38 Å². The molecule has 0 spiro atoms. The molecule has 0 aromatic carbocycles. The van der Waals surface area contributed by atoms with Gasteiger partial charge < -0.3 is 10.2 Å². The van der Waals surface area contributed by atoms with Crippen LogP contribution in [0.3, 0.4) is 0 Å². The minimum absolute atomic E-state index is 0.523. The van der Waals surface area contributed by atoms with Crippen LogP contribution in [0.4, 0.5) is 5.13 Å². The second kappa shape index (κ2) is 5.15. The summed E-state index contributed by atoms with van der Waals surface area (Å²) in [5.74, 6) is 0. The molecule has 1 heterocycles. The zero-order valence-electron chi connectivity index (χ0n) is 10.4. The van der Waals surface area contributed by atoms with Crippen LogP contribution in [0.5, 0.6) is 0 Å². The molecule has 0 radical (unpaired) electrons. The zero-order valence-corrected chi connectivity index (χ0v) is 11.2. The molecule has 1 aromatic rings. The van der Waals surface area contributed by atoms with Gasteiger partial charge in [0.1, 0.15) is 0 Å². The second-order valence-electron chi connectivity index (χ2n) is 4.85. The van der Waals surface area contributed by atoms with Crippen LogP contribution in [0.2, 0.25) is 0 Å². The van der Waals surface area contributed by atoms with Gasteiger partial charge in [-0.25, -0.2) is 4.98 Å². The Bertz CT molecular complexity index is 331. The predicted octanol–water partition coefficient (Wildman–Crippen LogP) is 2.63. The number of anilines is 1. The normalized spacial score (nSPS) is 16.5. The predicted molar refractivity (Wildman–Crippen MR) is 70.1 cm³/mol. The highest BCUT2D eigenvalue weighted by molar-refractivity contribution is 7.13. The first-order valence-corrected chi connectivity index (χ1v) is 6.95. The van der Waals surface area contributed by atoms with Gasteiger partial charge in [-0.3, -0.25) is 0 Å². The Balaban J connectivity index is 1.90. The smallest absolute Gasteiger partial charge is 0.185 e. The highest BCUT2D eigenvalue weighted by atomic mass is 32.1. The van der Waals surface area contributed by atoms with E-state index in [-0.39, 0.29) is 0 Å². The second-order valence-corrected chi connectivity index (χ2v) is 5.69. The molecule has 1 aliphatic rings. The van der Waals surface area contributed by atoms with Gasteiger partial charge in [0, 0.05) is 31.1 Å². The van der Waals surface area contributed by atoms with Crippen molar-refractivity contribution >= 4 is 16.5 Å². The van der Waals surface area contributed by atoms with Crippen molar-refractivity contribution in [3.8, 4) is 0 Å². The van der Waals surface area contributed by atoms with Crippen molar-refractivity contribution in [1.82, 2.24) is 10.3 Å². The lowest BCUT2D eigenvalue weighted by atomic mass is 9.92. The van der Waals surface area contributed by atoms with E-state index in [0.29, 0.717) is 6.04 Å². The molecule has 2 rings (SSSR count). The summed E-state index contributed by atoms with van der Waals surface area (Å²) in [5, 5.41) is 6.73. The summed E-state index contributed by atoms with van der Waals surface area (Å²) in [6.07, 6.45) is 4.04. The van der Waals surface area contributed by atoms with Gasteiger partial charge in [-0.2, -0.15) is 0 Å². The maximum atomic E-state index is 4.67. The van der Waals surface area contributed by atoms with Gasteiger partial charge >= 0.3 is 0 Å². The van der Waals surface area contributed by atoms with Crippen molar-refractivity contribution in [3.63, 3.8) is 0 Å². The minimum Gasteiger partial charge on any atom is -0.348 e. The summed E-state index contributed by atoms with van der Waals surface area (Å²) in [7, 11) is 2.17. The highest BCUT2D eigenvalue weighted by Gasteiger charge is 2.23. The number of nitrogens with one attached hydrogen (secondary N) is 1. The summed E-state index contributed by atoms with van der Waals surface area (Å²) in [4.78, 5) is 7.01. The molecule has 1 aliphatic carbocycles. The molecule has 4 heteroatoms. The minimum atomic E-state index is 0.523.